The summed E-state index contributed by atoms with van der Waals surface area (Å²) in [6.45, 7) is 3.40. The summed E-state index contributed by atoms with van der Waals surface area (Å²) in [7, 11) is 0. The Morgan fingerprint density at radius 3 is 2.24 bits per heavy atom. The molecule has 0 radical (unpaired) electrons. The zero-order valence-electron chi connectivity index (χ0n) is 16.9. The number of halogens is 5. The van der Waals surface area contributed by atoms with Crippen LogP contribution in [0.5, 0.6) is 0 Å². The summed E-state index contributed by atoms with van der Waals surface area (Å²) in [4.78, 5) is 17.1. The number of hydrogen-bond donors (Lipinski definition) is 0. The van der Waals surface area contributed by atoms with Crippen LogP contribution in [0.3, 0.4) is 0 Å². The second-order valence-corrected chi connectivity index (χ2v) is 7.24. The van der Waals surface area contributed by atoms with Crippen molar-refractivity contribution in [2.24, 2.45) is 0 Å². The van der Waals surface area contributed by atoms with Gasteiger partial charge in [-0.15, -0.1) is 18.2 Å². The second-order valence-electron chi connectivity index (χ2n) is 7.24. The molecule has 0 aliphatic rings. The molecule has 172 valence electrons. The van der Waals surface area contributed by atoms with Crippen molar-refractivity contribution in [1.82, 2.24) is 29.7 Å². The minimum absolute atomic E-state index is 0. The summed E-state index contributed by atoms with van der Waals surface area (Å²) < 4.78 is 66.8. The fourth-order valence-electron chi connectivity index (χ4n) is 2.85. The molecule has 0 fully saturated rings. The van der Waals surface area contributed by atoms with Gasteiger partial charge in [0, 0.05) is 24.0 Å². The summed E-state index contributed by atoms with van der Waals surface area (Å²) in [6.07, 6.45) is 0.523. The summed E-state index contributed by atoms with van der Waals surface area (Å²) >= 11 is 0. The van der Waals surface area contributed by atoms with Crippen molar-refractivity contribution in [2.45, 2.75) is 25.4 Å². The van der Waals surface area contributed by atoms with E-state index < -0.39 is 28.9 Å². The predicted molar refractivity (Wildman–Crippen MR) is 101 cm³/mol. The standard InChI is InChI=1S/C21H13F5N6.Pt/c1-20(2,18-27-8-5-15(29-18)13-4-3-12(22)11-14(13)23)19-28-9-6-17(30-19)32-10-7-16(31-32)21(24,25)26;/h3,5-9,11H,1-2H3;/q-2;+2. The van der Waals surface area contributed by atoms with Crippen molar-refractivity contribution in [3.8, 4) is 17.1 Å². The molecule has 0 spiro atoms. The molecular weight excluding hydrogens is 626 g/mol. The van der Waals surface area contributed by atoms with Gasteiger partial charge in [-0.1, -0.05) is 30.0 Å². The molecule has 12 heteroatoms. The average molecular weight is 639 g/mol. The molecule has 4 aromatic rings. The van der Waals surface area contributed by atoms with Gasteiger partial charge in [-0.25, -0.2) is 9.97 Å². The van der Waals surface area contributed by atoms with Gasteiger partial charge in [-0.05, 0) is 19.5 Å². The first-order valence-electron chi connectivity index (χ1n) is 9.15. The van der Waals surface area contributed by atoms with Gasteiger partial charge in [-0.2, -0.15) is 13.2 Å². The van der Waals surface area contributed by atoms with E-state index in [1.54, 1.807) is 13.8 Å². The van der Waals surface area contributed by atoms with E-state index in [2.05, 4.69) is 37.3 Å². The van der Waals surface area contributed by atoms with E-state index in [-0.39, 0.29) is 49.8 Å². The van der Waals surface area contributed by atoms with Crippen molar-refractivity contribution in [3.63, 3.8) is 0 Å². The van der Waals surface area contributed by atoms with Crippen molar-refractivity contribution in [1.29, 1.82) is 0 Å². The van der Waals surface area contributed by atoms with Gasteiger partial charge in [-0.3, -0.25) is 23.8 Å². The molecule has 0 bridgehead atoms. The Bertz CT molecular complexity index is 1290. The van der Waals surface area contributed by atoms with Gasteiger partial charge >= 0.3 is 27.2 Å². The van der Waals surface area contributed by atoms with E-state index >= 15 is 0 Å². The van der Waals surface area contributed by atoms with Crippen LogP contribution in [-0.4, -0.2) is 29.7 Å². The number of aromatic nitrogens is 6. The Labute approximate surface area is 199 Å². The first-order chi connectivity index (χ1) is 15.1. The number of benzene rings is 1. The molecule has 3 aromatic heterocycles. The van der Waals surface area contributed by atoms with Gasteiger partial charge < -0.3 is 4.68 Å². The molecule has 0 saturated heterocycles. The number of nitrogens with zero attached hydrogens (tertiary/aromatic N) is 6. The fourth-order valence-corrected chi connectivity index (χ4v) is 2.85. The Hall–Kier alpha value is -3.07. The molecule has 3 heterocycles. The van der Waals surface area contributed by atoms with Crippen LogP contribution in [-0.2, 0) is 32.7 Å². The maximum Gasteiger partial charge on any atom is 2.00 e. The molecule has 0 unspecified atom stereocenters. The summed E-state index contributed by atoms with van der Waals surface area (Å²) in [5, 5.41) is 3.46. The quantitative estimate of drug-likeness (QED) is 0.246. The molecule has 0 amide bonds. The van der Waals surface area contributed by atoms with E-state index in [4.69, 9.17) is 0 Å². The zero-order chi connectivity index (χ0) is 23.1. The Morgan fingerprint density at radius 1 is 0.939 bits per heavy atom. The molecule has 0 aliphatic carbocycles. The number of rotatable bonds is 4. The van der Waals surface area contributed by atoms with Gasteiger partial charge in [0.25, 0.3) is 0 Å². The van der Waals surface area contributed by atoms with Crippen molar-refractivity contribution >= 4 is 0 Å². The SMILES string of the molecule is CC(C)(c1nccc(-c2[c-]cc(F)cc2F)n1)c1nccc(-n2[c-]cc(C(F)(F)F)n2)n1.[Pt+2]. The zero-order valence-corrected chi connectivity index (χ0v) is 19.2. The molecular formula is C21H13F5N6Pt. The van der Waals surface area contributed by atoms with Crippen molar-refractivity contribution in [2.75, 3.05) is 0 Å². The maximum absolute atomic E-state index is 14.2. The summed E-state index contributed by atoms with van der Waals surface area (Å²) in [5.41, 5.74) is -1.99. The predicted octanol–water partition coefficient (Wildman–Crippen LogP) is 4.34. The average Bonchev–Trinajstić information content (AvgIpc) is 3.25. The van der Waals surface area contributed by atoms with E-state index in [0.29, 0.717) is 6.07 Å². The van der Waals surface area contributed by atoms with Gasteiger partial charge in [0.2, 0.25) is 0 Å². The van der Waals surface area contributed by atoms with Crippen LogP contribution in [0.1, 0.15) is 31.2 Å². The van der Waals surface area contributed by atoms with Crippen LogP contribution in [0.15, 0.2) is 42.7 Å². The topological polar surface area (TPSA) is 69.4 Å². The summed E-state index contributed by atoms with van der Waals surface area (Å²) in [5.74, 6) is -1.14. The van der Waals surface area contributed by atoms with E-state index in [0.717, 1.165) is 16.8 Å². The van der Waals surface area contributed by atoms with E-state index in [9.17, 15) is 22.0 Å². The van der Waals surface area contributed by atoms with E-state index in [1.807, 2.05) is 0 Å². The van der Waals surface area contributed by atoms with Gasteiger partial charge in [0.05, 0.1) is 16.9 Å². The molecule has 0 aliphatic heterocycles. The van der Waals surface area contributed by atoms with Crippen molar-refractivity contribution in [3.05, 3.63) is 84.0 Å². The molecule has 6 nitrogen and oxygen atoms in total. The van der Waals surface area contributed by atoms with Crippen LogP contribution < -0.4 is 0 Å². The van der Waals surface area contributed by atoms with Crippen LogP contribution in [0.4, 0.5) is 22.0 Å². The van der Waals surface area contributed by atoms with Crippen molar-refractivity contribution < 1.29 is 43.0 Å². The number of hydrogen-bond acceptors (Lipinski definition) is 5. The minimum Gasteiger partial charge on any atom is -0.343 e. The van der Waals surface area contributed by atoms with Crippen LogP contribution in [0.2, 0.25) is 0 Å². The first kappa shape index (κ1) is 24.6. The normalized spacial score (nSPS) is 11.8. The Morgan fingerprint density at radius 2 is 1.61 bits per heavy atom. The van der Waals surface area contributed by atoms with Crippen LogP contribution in [0.25, 0.3) is 17.1 Å². The van der Waals surface area contributed by atoms with Gasteiger partial charge in [0.1, 0.15) is 11.6 Å². The molecule has 0 atom stereocenters. The molecule has 0 saturated carbocycles. The monoisotopic (exact) mass is 639 g/mol. The smallest absolute Gasteiger partial charge is 0.343 e. The Kier molecular flexibility index (Phi) is 6.74. The third-order valence-corrected chi connectivity index (χ3v) is 4.57. The van der Waals surface area contributed by atoms with Crippen LogP contribution in [0, 0.1) is 23.9 Å². The fraction of sp³-hybridized carbons (Fsp3) is 0.190. The van der Waals surface area contributed by atoms with Gasteiger partial charge in [0.15, 0.2) is 0 Å². The maximum atomic E-state index is 14.2. The third-order valence-electron chi connectivity index (χ3n) is 4.57. The van der Waals surface area contributed by atoms with Crippen LogP contribution >= 0.6 is 0 Å². The summed E-state index contributed by atoms with van der Waals surface area (Å²) in [6, 6.07) is 7.76. The minimum atomic E-state index is -4.61. The molecule has 0 N–H and O–H groups in total. The first-order valence-corrected chi connectivity index (χ1v) is 9.15. The third kappa shape index (κ3) is 4.98. The van der Waals surface area contributed by atoms with E-state index in [1.165, 1.54) is 24.5 Å². The largest absolute Gasteiger partial charge is 2.00 e. The molecule has 1 aromatic carbocycles. The second kappa shape index (κ2) is 9.05. The molecule has 33 heavy (non-hydrogen) atoms. The number of alkyl halides is 3. The molecule has 4 rings (SSSR count). The Balaban J connectivity index is 0.00000306.